The van der Waals surface area contributed by atoms with Crippen molar-refractivity contribution in [2.24, 2.45) is 0 Å². The van der Waals surface area contributed by atoms with Crippen molar-refractivity contribution in [3.8, 4) is 28.5 Å². The molecule has 1 amide bonds. The maximum Gasteiger partial charge on any atom is 0.273 e. The number of ether oxygens (including phenoxy) is 2. The number of phenolic OH excluding ortho intramolecular Hbond substituents is 1. The SMILES string of the molecule is C=CCN1C(=O)c2[nH]nc(-c3cc(C)ccc3O)c2[C@H]1c1ccc(OC)c(OC)c1. The Labute approximate surface area is 174 Å². The monoisotopic (exact) mass is 405 g/mol. The fourth-order valence-corrected chi connectivity index (χ4v) is 3.94. The molecule has 1 atom stereocenters. The summed E-state index contributed by atoms with van der Waals surface area (Å²) in [4.78, 5) is 14.8. The summed E-state index contributed by atoms with van der Waals surface area (Å²) in [5.74, 6) is 1.11. The number of carbonyl (C=O) groups excluding carboxylic acids is 1. The number of rotatable bonds is 6. The van der Waals surface area contributed by atoms with Crippen molar-refractivity contribution < 1.29 is 19.4 Å². The molecule has 0 saturated heterocycles. The van der Waals surface area contributed by atoms with E-state index in [9.17, 15) is 9.90 Å². The van der Waals surface area contributed by atoms with Crippen LogP contribution in [0.5, 0.6) is 17.2 Å². The molecule has 4 rings (SSSR count). The molecule has 0 bridgehead atoms. The predicted octanol–water partition coefficient (Wildman–Crippen LogP) is 3.84. The van der Waals surface area contributed by atoms with Crippen LogP contribution < -0.4 is 9.47 Å². The van der Waals surface area contributed by atoms with Gasteiger partial charge < -0.3 is 19.5 Å². The van der Waals surface area contributed by atoms with Crippen molar-refractivity contribution in [3.63, 3.8) is 0 Å². The summed E-state index contributed by atoms with van der Waals surface area (Å²) < 4.78 is 10.8. The molecule has 154 valence electrons. The summed E-state index contributed by atoms with van der Waals surface area (Å²) >= 11 is 0. The van der Waals surface area contributed by atoms with E-state index in [1.165, 1.54) is 0 Å². The largest absolute Gasteiger partial charge is 0.507 e. The molecule has 0 saturated carbocycles. The van der Waals surface area contributed by atoms with Gasteiger partial charge in [-0.05, 0) is 36.8 Å². The highest BCUT2D eigenvalue weighted by Gasteiger charge is 2.42. The van der Waals surface area contributed by atoms with Crippen LogP contribution in [-0.2, 0) is 0 Å². The van der Waals surface area contributed by atoms with Crippen molar-refractivity contribution in [3.05, 3.63) is 71.4 Å². The highest BCUT2D eigenvalue weighted by Crippen LogP contribution is 2.45. The highest BCUT2D eigenvalue weighted by molar-refractivity contribution is 6.00. The van der Waals surface area contributed by atoms with Gasteiger partial charge in [-0.1, -0.05) is 23.8 Å². The second-order valence-corrected chi connectivity index (χ2v) is 7.14. The van der Waals surface area contributed by atoms with Gasteiger partial charge in [0.1, 0.15) is 17.1 Å². The van der Waals surface area contributed by atoms with Crippen molar-refractivity contribution in [2.45, 2.75) is 13.0 Å². The second-order valence-electron chi connectivity index (χ2n) is 7.14. The van der Waals surface area contributed by atoms with Gasteiger partial charge in [0.05, 0.1) is 20.3 Å². The summed E-state index contributed by atoms with van der Waals surface area (Å²) in [6.45, 7) is 6.10. The molecule has 1 aromatic heterocycles. The van der Waals surface area contributed by atoms with Crippen LogP contribution in [0.3, 0.4) is 0 Å². The minimum absolute atomic E-state index is 0.107. The number of carbonyl (C=O) groups is 1. The number of aromatic hydroxyl groups is 1. The molecule has 7 heteroatoms. The molecule has 7 nitrogen and oxygen atoms in total. The molecule has 2 aromatic carbocycles. The van der Waals surface area contributed by atoms with Gasteiger partial charge >= 0.3 is 0 Å². The normalized spacial score (nSPS) is 15.2. The first-order valence-electron chi connectivity index (χ1n) is 9.52. The molecule has 0 unspecified atom stereocenters. The third-order valence-corrected chi connectivity index (χ3v) is 5.32. The number of hydrogen-bond donors (Lipinski definition) is 2. The van der Waals surface area contributed by atoms with Crippen LogP contribution in [0.15, 0.2) is 49.1 Å². The first kappa shape index (κ1) is 19.6. The molecular weight excluding hydrogens is 382 g/mol. The van der Waals surface area contributed by atoms with Crippen LogP contribution in [0, 0.1) is 6.92 Å². The minimum Gasteiger partial charge on any atom is -0.507 e. The van der Waals surface area contributed by atoms with Gasteiger partial charge in [-0.15, -0.1) is 6.58 Å². The van der Waals surface area contributed by atoms with Gasteiger partial charge in [0.15, 0.2) is 11.5 Å². The van der Waals surface area contributed by atoms with Gasteiger partial charge in [-0.2, -0.15) is 5.10 Å². The molecule has 30 heavy (non-hydrogen) atoms. The summed E-state index contributed by atoms with van der Waals surface area (Å²) in [6.07, 6.45) is 1.69. The van der Waals surface area contributed by atoms with Gasteiger partial charge in [0.2, 0.25) is 0 Å². The summed E-state index contributed by atoms with van der Waals surface area (Å²) in [5, 5.41) is 17.7. The smallest absolute Gasteiger partial charge is 0.273 e. The van der Waals surface area contributed by atoms with E-state index in [2.05, 4.69) is 16.8 Å². The molecule has 2 N–H and O–H groups in total. The standard InChI is InChI=1S/C23H23N3O4/c1-5-10-26-22(14-7-9-17(29-3)18(12-14)30-4)19-20(24-25-21(19)23(26)28)15-11-13(2)6-8-16(15)27/h5-9,11-12,22,27H,1,10H2,2-4H3,(H,24,25)/t22-/m1/s1. The maximum absolute atomic E-state index is 13.1. The van der Waals surface area contributed by atoms with E-state index in [1.54, 1.807) is 31.3 Å². The van der Waals surface area contributed by atoms with E-state index in [-0.39, 0.29) is 11.7 Å². The van der Waals surface area contributed by atoms with E-state index < -0.39 is 6.04 Å². The molecule has 0 fully saturated rings. The topological polar surface area (TPSA) is 87.7 Å². The van der Waals surface area contributed by atoms with Gasteiger partial charge in [0.25, 0.3) is 5.91 Å². The summed E-state index contributed by atoms with van der Waals surface area (Å²) in [7, 11) is 3.15. The number of amides is 1. The lowest BCUT2D eigenvalue weighted by molar-refractivity contribution is 0.0764. The first-order valence-corrected chi connectivity index (χ1v) is 9.52. The third-order valence-electron chi connectivity index (χ3n) is 5.32. The van der Waals surface area contributed by atoms with E-state index in [1.807, 2.05) is 37.3 Å². The van der Waals surface area contributed by atoms with Crippen molar-refractivity contribution in [1.29, 1.82) is 0 Å². The van der Waals surface area contributed by atoms with E-state index in [4.69, 9.17) is 9.47 Å². The van der Waals surface area contributed by atoms with Crippen LogP contribution in [-0.4, -0.2) is 46.9 Å². The average Bonchev–Trinajstić information content (AvgIpc) is 3.29. The van der Waals surface area contributed by atoms with Gasteiger partial charge in [-0.3, -0.25) is 9.89 Å². The lowest BCUT2D eigenvalue weighted by atomic mass is 9.95. The van der Waals surface area contributed by atoms with Crippen LogP contribution in [0.4, 0.5) is 0 Å². The number of aryl methyl sites for hydroxylation is 1. The Morgan fingerprint density at radius 3 is 2.67 bits per heavy atom. The Hall–Kier alpha value is -3.74. The fourth-order valence-electron chi connectivity index (χ4n) is 3.94. The van der Waals surface area contributed by atoms with Crippen LogP contribution >= 0.6 is 0 Å². The van der Waals surface area contributed by atoms with Crippen LogP contribution in [0.1, 0.15) is 33.2 Å². The number of hydrogen-bond acceptors (Lipinski definition) is 5. The molecule has 3 aromatic rings. The van der Waals surface area contributed by atoms with Crippen LogP contribution in [0.25, 0.3) is 11.3 Å². The molecule has 1 aliphatic rings. The minimum atomic E-state index is -0.418. The number of phenols is 1. The van der Waals surface area contributed by atoms with Crippen LogP contribution in [0.2, 0.25) is 0 Å². The average molecular weight is 405 g/mol. The Morgan fingerprint density at radius 2 is 1.97 bits per heavy atom. The number of fused-ring (bicyclic) bond motifs is 1. The van der Waals surface area contributed by atoms with Gasteiger partial charge in [-0.25, -0.2) is 0 Å². The lowest BCUT2D eigenvalue weighted by Crippen LogP contribution is -2.29. The number of aromatic nitrogens is 2. The summed E-state index contributed by atoms with van der Waals surface area (Å²) in [6, 6.07) is 10.5. The number of H-pyrrole nitrogens is 1. The fraction of sp³-hybridized carbons (Fsp3) is 0.217. The Balaban J connectivity index is 1.93. The zero-order valence-electron chi connectivity index (χ0n) is 17.1. The predicted molar refractivity (Wildman–Crippen MR) is 113 cm³/mol. The lowest BCUT2D eigenvalue weighted by Gasteiger charge is -2.26. The number of nitrogens with zero attached hydrogens (tertiary/aromatic N) is 2. The number of benzene rings is 2. The Kier molecular flexibility index (Phi) is 4.95. The number of methoxy groups -OCH3 is 2. The molecular formula is C23H23N3O4. The third kappa shape index (κ3) is 2.99. The highest BCUT2D eigenvalue weighted by atomic mass is 16.5. The number of aromatic amines is 1. The molecule has 1 aliphatic heterocycles. The van der Waals surface area contributed by atoms with E-state index in [0.717, 1.165) is 16.7 Å². The zero-order chi connectivity index (χ0) is 21.4. The zero-order valence-corrected chi connectivity index (χ0v) is 17.1. The Bertz CT molecular complexity index is 1140. The second kappa shape index (κ2) is 7.59. The molecule has 0 aliphatic carbocycles. The van der Waals surface area contributed by atoms with E-state index in [0.29, 0.717) is 35.0 Å². The molecule has 2 heterocycles. The summed E-state index contributed by atoms with van der Waals surface area (Å²) in [5.41, 5.74) is 4.07. The molecule has 0 radical (unpaired) electrons. The first-order chi connectivity index (χ1) is 14.5. The number of nitrogens with one attached hydrogen (secondary N) is 1. The van der Waals surface area contributed by atoms with Crippen molar-refractivity contribution in [1.82, 2.24) is 15.1 Å². The maximum atomic E-state index is 13.1. The van der Waals surface area contributed by atoms with Crippen molar-refractivity contribution in [2.75, 3.05) is 20.8 Å². The van der Waals surface area contributed by atoms with Crippen molar-refractivity contribution >= 4 is 5.91 Å². The molecule has 0 spiro atoms. The van der Waals surface area contributed by atoms with Gasteiger partial charge in [0, 0.05) is 17.7 Å². The Morgan fingerprint density at radius 1 is 1.20 bits per heavy atom. The quantitative estimate of drug-likeness (QED) is 0.609. The van der Waals surface area contributed by atoms with E-state index >= 15 is 0 Å².